The number of hydrogen-bond donors (Lipinski definition) is 0. The van der Waals surface area contributed by atoms with E-state index in [2.05, 4.69) is 10.2 Å². The van der Waals surface area contributed by atoms with E-state index in [-0.39, 0.29) is 0 Å². The number of rotatable bonds is 3. The van der Waals surface area contributed by atoms with Crippen LogP contribution in [0.2, 0.25) is 0 Å². The standard InChI is InChI=1S/C11H10N2O2/c1-14-10-7-8-11(13-12-10)15-9-5-3-2-4-6-9/h2-8H,1H3. The third-order valence-electron chi connectivity index (χ3n) is 1.79. The predicted octanol–water partition coefficient (Wildman–Crippen LogP) is 2.28. The highest BCUT2D eigenvalue weighted by Gasteiger charge is 1.99. The van der Waals surface area contributed by atoms with Gasteiger partial charge in [-0.1, -0.05) is 18.2 Å². The lowest BCUT2D eigenvalue weighted by molar-refractivity contribution is 0.383. The average Bonchev–Trinajstić information content (AvgIpc) is 2.31. The van der Waals surface area contributed by atoms with Gasteiger partial charge in [0, 0.05) is 12.1 Å². The molecule has 1 aromatic carbocycles. The highest BCUT2D eigenvalue weighted by Crippen LogP contribution is 2.18. The van der Waals surface area contributed by atoms with E-state index in [9.17, 15) is 0 Å². The molecule has 0 saturated carbocycles. The Hall–Kier alpha value is -2.10. The summed E-state index contributed by atoms with van der Waals surface area (Å²) in [4.78, 5) is 0. The largest absolute Gasteiger partial charge is 0.480 e. The van der Waals surface area contributed by atoms with Crippen LogP contribution in [0.25, 0.3) is 0 Å². The molecule has 0 saturated heterocycles. The zero-order chi connectivity index (χ0) is 10.5. The molecule has 0 aliphatic heterocycles. The van der Waals surface area contributed by atoms with Crippen LogP contribution >= 0.6 is 0 Å². The van der Waals surface area contributed by atoms with Crippen LogP contribution in [-0.2, 0) is 0 Å². The van der Waals surface area contributed by atoms with Crippen molar-refractivity contribution in [3.05, 3.63) is 42.5 Å². The maximum Gasteiger partial charge on any atom is 0.239 e. The normalized spacial score (nSPS) is 9.67. The molecule has 0 N–H and O–H groups in total. The summed E-state index contributed by atoms with van der Waals surface area (Å²) in [6, 6.07) is 12.8. The topological polar surface area (TPSA) is 44.2 Å². The summed E-state index contributed by atoms with van der Waals surface area (Å²) >= 11 is 0. The molecule has 0 atom stereocenters. The molecular formula is C11H10N2O2. The smallest absolute Gasteiger partial charge is 0.239 e. The summed E-state index contributed by atoms with van der Waals surface area (Å²) in [7, 11) is 1.54. The van der Waals surface area contributed by atoms with Gasteiger partial charge in [-0.15, -0.1) is 10.2 Å². The van der Waals surface area contributed by atoms with E-state index in [1.807, 2.05) is 30.3 Å². The highest BCUT2D eigenvalue weighted by atomic mass is 16.5. The molecule has 0 spiro atoms. The number of ether oxygens (including phenoxy) is 2. The molecule has 15 heavy (non-hydrogen) atoms. The van der Waals surface area contributed by atoms with E-state index < -0.39 is 0 Å². The molecule has 76 valence electrons. The Kier molecular flexibility index (Phi) is 2.78. The third kappa shape index (κ3) is 2.43. The van der Waals surface area contributed by atoms with Crippen molar-refractivity contribution in [2.75, 3.05) is 7.11 Å². The van der Waals surface area contributed by atoms with Crippen molar-refractivity contribution in [3.8, 4) is 17.5 Å². The first-order valence-corrected chi connectivity index (χ1v) is 4.49. The summed E-state index contributed by atoms with van der Waals surface area (Å²) in [6.07, 6.45) is 0. The zero-order valence-corrected chi connectivity index (χ0v) is 8.25. The minimum Gasteiger partial charge on any atom is -0.480 e. The molecular weight excluding hydrogens is 192 g/mol. The van der Waals surface area contributed by atoms with Crippen molar-refractivity contribution in [1.29, 1.82) is 0 Å². The van der Waals surface area contributed by atoms with Crippen molar-refractivity contribution >= 4 is 0 Å². The molecule has 1 heterocycles. The second-order valence-electron chi connectivity index (χ2n) is 2.83. The van der Waals surface area contributed by atoms with Gasteiger partial charge < -0.3 is 9.47 Å². The van der Waals surface area contributed by atoms with Gasteiger partial charge in [0.05, 0.1) is 7.11 Å². The Morgan fingerprint density at radius 3 is 2.13 bits per heavy atom. The zero-order valence-electron chi connectivity index (χ0n) is 8.25. The van der Waals surface area contributed by atoms with Crippen molar-refractivity contribution in [1.82, 2.24) is 10.2 Å². The van der Waals surface area contributed by atoms with Gasteiger partial charge >= 0.3 is 0 Å². The van der Waals surface area contributed by atoms with Crippen molar-refractivity contribution in [3.63, 3.8) is 0 Å². The van der Waals surface area contributed by atoms with Crippen molar-refractivity contribution in [2.45, 2.75) is 0 Å². The first-order valence-electron chi connectivity index (χ1n) is 4.49. The van der Waals surface area contributed by atoms with E-state index in [1.165, 1.54) is 0 Å². The molecule has 0 amide bonds. The molecule has 0 radical (unpaired) electrons. The first-order chi connectivity index (χ1) is 7.38. The van der Waals surface area contributed by atoms with Gasteiger partial charge in [-0.05, 0) is 12.1 Å². The van der Waals surface area contributed by atoms with Crippen LogP contribution in [-0.4, -0.2) is 17.3 Å². The summed E-state index contributed by atoms with van der Waals surface area (Å²) in [5.74, 6) is 1.65. The fourth-order valence-electron chi connectivity index (χ4n) is 1.08. The van der Waals surface area contributed by atoms with E-state index >= 15 is 0 Å². The molecule has 0 bridgehead atoms. The lowest BCUT2D eigenvalue weighted by Gasteiger charge is -2.03. The predicted molar refractivity (Wildman–Crippen MR) is 55.1 cm³/mol. The molecule has 0 aliphatic rings. The number of para-hydroxylation sites is 1. The summed E-state index contributed by atoms with van der Waals surface area (Å²) < 4.78 is 10.3. The molecule has 0 unspecified atom stereocenters. The Bertz CT molecular complexity index is 414. The average molecular weight is 202 g/mol. The van der Waals surface area contributed by atoms with Crippen molar-refractivity contribution < 1.29 is 9.47 Å². The van der Waals surface area contributed by atoms with Crippen LogP contribution in [0, 0.1) is 0 Å². The van der Waals surface area contributed by atoms with Crippen LogP contribution in [0.3, 0.4) is 0 Å². The second-order valence-corrected chi connectivity index (χ2v) is 2.83. The monoisotopic (exact) mass is 202 g/mol. The molecule has 2 aromatic rings. The highest BCUT2D eigenvalue weighted by molar-refractivity contribution is 5.26. The van der Waals surface area contributed by atoms with Gasteiger partial charge in [-0.25, -0.2) is 0 Å². The van der Waals surface area contributed by atoms with E-state index in [0.717, 1.165) is 5.75 Å². The Labute approximate surface area is 87.5 Å². The van der Waals surface area contributed by atoms with Gasteiger partial charge in [0.15, 0.2) is 0 Å². The number of methoxy groups -OCH3 is 1. The minimum absolute atomic E-state index is 0.446. The Morgan fingerprint density at radius 2 is 1.53 bits per heavy atom. The van der Waals surface area contributed by atoms with E-state index in [4.69, 9.17) is 9.47 Å². The van der Waals surface area contributed by atoms with Gasteiger partial charge in [0.2, 0.25) is 11.8 Å². The quantitative estimate of drug-likeness (QED) is 0.765. The lowest BCUT2D eigenvalue weighted by Crippen LogP contribution is -1.93. The summed E-state index contributed by atoms with van der Waals surface area (Å²) in [5.41, 5.74) is 0. The first kappa shape index (κ1) is 9.45. The number of aromatic nitrogens is 2. The Morgan fingerprint density at radius 1 is 0.867 bits per heavy atom. The number of hydrogen-bond acceptors (Lipinski definition) is 4. The molecule has 4 heteroatoms. The summed E-state index contributed by atoms with van der Waals surface area (Å²) in [5, 5.41) is 7.64. The molecule has 2 rings (SSSR count). The Balaban J connectivity index is 2.11. The fourth-order valence-corrected chi connectivity index (χ4v) is 1.08. The third-order valence-corrected chi connectivity index (χ3v) is 1.79. The second kappa shape index (κ2) is 4.41. The summed E-state index contributed by atoms with van der Waals surface area (Å²) in [6.45, 7) is 0. The lowest BCUT2D eigenvalue weighted by atomic mass is 10.3. The van der Waals surface area contributed by atoms with Gasteiger partial charge in [-0.2, -0.15) is 0 Å². The molecule has 0 aliphatic carbocycles. The van der Waals surface area contributed by atoms with Crippen LogP contribution in [0.4, 0.5) is 0 Å². The van der Waals surface area contributed by atoms with Gasteiger partial charge in [0.25, 0.3) is 0 Å². The van der Waals surface area contributed by atoms with Gasteiger partial charge in [-0.3, -0.25) is 0 Å². The molecule has 0 fully saturated rings. The fraction of sp³-hybridized carbons (Fsp3) is 0.0909. The van der Waals surface area contributed by atoms with Crippen LogP contribution in [0.5, 0.6) is 17.5 Å². The van der Waals surface area contributed by atoms with E-state index in [0.29, 0.717) is 11.8 Å². The maximum atomic E-state index is 5.45. The maximum absolute atomic E-state index is 5.45. The molecule has 4 nitrogen and oxygen atoms in total. The van der Waals surface area contributed by atoms with Crippen LogP contribution in [0.15, 0.2) is 42.5 Å². The molecule has 1 aromatic heterocycles. The van der Waals surface area contributed by atoms with Crippen LogP contribution < -0.4 is 9.47 Å². The number of benzene rings is 1. The SMILES string of the molecule is COc1ccc(Oc2ccccc2)nn1. The van der Waals surface area contributed by atoms with Gasteiger partial charge in [0.1, 0.15) is 5.75 Å². The van der Waals surface area contributed by atoms with E-state index in [1.54, 1.807) is 19.2 Å². The number of nitrogens with zero attached hydrogens (tertiary/aromatic N) is 2. The van der Waals surface area contributed by atoms with Crippen LogP contribution in [0.1, 0.15) is 0 Å². The van der Waals surface area contributed by atoms with Crippen molar-refractivity contribution in [2.24, 2.45) is 0 Å². The minimum atomic E-state index is 0.446.